The van der Waals surface area contributed by atoms with E-state index in [-0.39, 0.29) is 29.4 Å². The van der Waals surface area contributed by atoms with Crippen molar-refractivity contribution in [3.8, 4) is 0 Å². The maximum Gasteiger partial charge on any atom is 0.289 e. The van der Waals surface area contributed by atoms with Crippen LogP contribution in [-0.2, 0) is 4.79 Å². The zero-order valence-corrected chi connectivity index (χ0v) is 14.0. The molecule has 2 aromatic rings. The molecular weight excluding hydrogens is 362 g/mol. The molecule has 0 saturated heterocycles. The van der Waals surface area contributed by atoms with Gasteiger partial charge in [0, 0.05) is 24.7 Å². The Labute approximate surface area is 152 Å². The molecule has 132 valence electrons. The molecule has 2 aromatic carbocycles. The summed E-state index contributed by atoms with van der Waals surface area (Å²) in [6.07, 6.45) is -0.137. The summed E-state index contributed by atoms with van der Waals surface area (Å²) in [5.74, 6) is -1.38. The summed E-state index contributed by atoms with van der Waals surface area (Å²) < 4.78 is 0. The second-order valence-electron chi connectivity index (χ2n) is 5.53. The second kappa shape index (κ2) is 6.93. The summed E-state index contributed by atoms with van der Waals surface area (Å²) in [5, 5.41) is 13.3. The molecule has 26 heavy (non-hydrogen) atoms. The van der Waals surface area contributed by atoms with Gasteiger partial charge in [-0.15, -0.1) is 0 Å². The van der Waals surface area contributed by atoms with Crippen LogP contribution < -0.4 is 5.32 Å². The fraction of sp³-hybridized carbons (Fsp3) is 0.118. The van der Waals surface area contributed by atoms with Gasteiger partial charge in [0.1, 0.15) is 5.02 Å². The van der Waals surface area contributed by atoms with Gasteiger partial charge in [-0.1, -0.05) is 23.7 Å². The van der Waals surface area contributed by atoms with Crippen LogP contribution in [-0.4, -0.2) is 34.1 Å². The van der Waals surface area contributed by atoms with Crippen molar-refractivity contribution in [2.75, 3.05) is 11.9 Å². The Balaban J connectivity index is 1.64. The van der Waals surface area contributed by atoms with Crippen LogP contribution in [0.5, 0.6) is 0 Å². The smallest absolute Gasteiger partial charge is 0.289 e. The molecule has 0 unspecified atom stereocenters. The Morgan fingerprint density at radius 3 is 2.31 bits per heavy atom. The molecule has 1 heterocycles. The van der Waals surface area contributed by atoms with Crippen LogP contribution in [0.2, 0.25) is 5.02 Å². The normalized spacial score (nSPS) is 12.9. The monoisotopic (exact) mass is 373 g/mol. The number of fused-ring (bicyclic) bond motifs is 1. The van der Waals surface area contributed by atoms with Crippen molar-refractivity contribution in [1.82, 2.24) is 4.90 Å². The third kappa shape index (κ3) is 3.27. The average molecular weight is 374 g/mol. The zero-order chi connectivity index (χ0) is 18.8. The van der Waals surface area contributed by atoms with Crippen LogP contribution in [0.25, 0.3) is 0 Å². The van der Waals surface area contributed by atoms with Gasteiger partial charge in [0.25, 0.3) is 17.5 Å². The Bertz CT molecular complexity index is 909. The third-order valence-electron chi connectivity index (χ3n) is 3.87. The summed E-state index contributed by atoms with van der Waals surface area (Å²) in [7, 11) is 0. The van der Waals surface area contributed by atoms with Crippen molar-refractivity contribution in [1.29, 1.82) is 0 Å². The molecule has 3 amide bonds. The molecule has 0 fully saturated rings. The van der Waals surface area contributed by atoms with Crippen molar-refractivity contribution >= 4 is 40.7 Å². The summed E-state index contributed by atoms with van der Waals surface area (Å²) in [6.45, 7) is -0.0894. The molecule has 0 radical (unpaired) electrons. The molecule has 0 bridgehead atoms. The van der Waals surface area contributed by atoms with Crippen molar-refractivity contribution in [2.24, 2.45) is 0 Å². The van der Waals surface area contributed by atoms with Crippen LogP contribution >= 0.6 is 11.6 Å². The van der Waals surface area contributed by atoms with Crippen LogP contribution in [0.4, 0.5) is 11.4 Å². The van der Waals surface area contributed by atoms with Crippen molar-refractivity contribution in [3.63, 3.8) is 0 Å². The summed E-state index contributed by atoms with van der Waals surface area (Å²) in [5.41, 5.74) is 0.496. The lowest BCUT2D eigenvalue weighted by Crippen LogP contribution is -2.32. The highest BCUT2D eigenvalue weighted by Crippen LogP contribution is 2.27. The largest absolute Gasteiger partial charge is 0.326 e. The number of nitro benzene ring substituents is 1. The first-order chi connectivity index (χ1) is 12.4. The number of halogens is 1. The number of rotatable bonds is 5. The number of anilines is 1. The van der Waals surface area contributed by atoms with Gasteiger partial charge >= 0.3 is 0 Å². The number of amides is 3. The number of hydrogen-bond donors (Lipinski definition) is 1. The maximum atomic E-state index is 12.2. The first-order valence-electron chi connectivity index (χ1n) is 7.57. The van der Waals surface area contributed by atoms with Crippen LogP contribution in [0.3, 0.4) is 0 Å². The summed E-state index contributed by atoms with van der Waals surface area (Å²) in [4.78, 5) is 47.7. The van der Waals surface area contributed by atoms with E-state index < -0.39 is 22.6 Å². The minimum absolute atomic E-state index is 0.0426. The molecule has 0 aromatic heterocycles. The molecule has 0 aliphatic carbocycles. The fourth-order valence-electron chi connectivity index (χ4n) is 2.61. The number of carbonyl (C=O) groups is 3. The minimum Gasteiger partial charge on any atom is -0.326 e. The van der Waals surface area contributed by atoms with E-state index in [2.05, 4.69) is 5.32 Å². The van der Waals surface area contributed by atoms with E-state index in [1.807, 2.05) is 0 Å². The SMILES string of the molecule is O=C(CCN1C(=O)c2ccccc2C1=O)Nc1ccc(Cl)c([N+](=O)[O-])c1. The first kappa shape index (κ1) is 17.6. The van der Waals surface area contributed by atoms with Crippen molar-refractivity contribution in [3.05, 3.63) is 68.7 Å². The second-order valence-corrected chi connectivity index (χ2v) is 5.94. The molecule has 1 aliphatic rings. The quantitative estimate of drug-likeness (QED) is 0.492. The van der Waals surface area contributed by atoms with Crippen molar-refractivity contribution in [2.45, 2.75) is 6.42 Å². The highest BCUT2D eigenvalue weighted by atomic mass is 35.5. The van der Waals surface area contributed by atoms with E-state index in [1.54, 1.807) is 24.3 Å². The minimum atomic E-state index is -0.656. The van der Waals surface area contributed by atoms with E-state index in [0.717, 1.165) is 11.0 Å². The lowest BCUT2D eigenvalue weighted by Gasteiger charge is -2.13. The number of carbonyl (C=O) groups excluding carboxylic acids is 3. The van der Waals surface area contributed by atoms with Crippen molar-refractivity contribution < 1.29 is 19.3 Å². The predicted molar refractivity (Wildman–Crippen MR) is 93.2 cm³/mol. The highest BCUT2D eigenvalue weighted by molar-refractivity contribution is 6.32. The van der Waals surface area contributed by atoms with E-state index in [9.17, 15) is 24.5 Å². The van der Waals surface area contributed by atoms with E-state index in [0.29, 0.717) is 11.1 Å². The Morgan fingerprint density at radius 1 is 1.12 bits per heavy atom. The predicted octanol–water partition coefficient (Wildman–Crippen LogP) is 2.87. The number of imide groups is 1. The number of hydrogen-bond acceptors (Lipinski definition) is 5. The fourth-order valence-corrected chi connectivity index (χ4v) is 2.80. The first-order valence-corrected chi connectivity index (χ1v) is 7.95. The highest BCUT2D eigenvalue weighted by Gasteiger charge is 2.34. The number of nitro groups is 1. The van der Waals surface area contributed by atoms with E-state index in [4.69, 9.17) is 11.6 Å². The van der Waals surface area contributed by atoms with Gasteiger partial charge in [0.05, 0.1) is 16.1 Å². The van der Waals surface area contributed by atoms with Crippen LogP contribution in [0.15, 0.2) is 42.5 Å². The molecule has 0 saturated carbocycles. The number of benzene rings is 2. The van der Waals surface area contributed by atoms with Crippen LogP contribution in [0.1, 0.15) is 27.1 Å². The molecular formula is C17H12ClN3O5. The Hall–Kier alpha value is -3.26. The van der Waals surface area contributed by atoms with Gasteiger partial charge in [-0.2, -0.15) is 0 Å². The van der Waals surface area contributed by atoms with Crippen LogP contribution in [0, 0.1) is 10.1 Å². The third-order valence-corrected chi connectivity index (χ3v) is 4.19. The molecule has 9 heteroatoms. The summed E-state index contributed by atoms with van der Waals surface area (Å²) >= 11 is 5.72. The molecule has 1 N–H and O–H groups in total. The zero-order valence-electron chi connectivity index (χ0n) is 13.3. The molecule has 8 nitrogen and oxygen atoms in total. The van der Waals surface area contributed by atoms with Gasteiger partial charge in [0.15, 0.2) is 0 Å². The van der Waals surface area contributed by atoms with Gasteiger partial charge in [-0.3, -0.25) is 29.4 Å². The van der Waals surface area contributed by atoms with Gasteiger partial charge in [-0.25, -0.2) is 0 Å². The molecule has 3 rings (SSSR count). The van der Waals surface area contributed by atoms with E-state index in [1.165, 1.54) is 12.1 Å². The average Bonchev–Trinajstić information content (AvgIpc) is 2.86. The Kier molecular flexibility index (Phi) is 4.68. The lowest BCUT2D eigenvalue weighted by atomic mass is 10.1. The number of nitrogens with zero attached hydrogens (tertiary/aromatic N) is 2. The molecule has 0 spiro atoms. The topological polar surface area (TPSA) is 110 Å². The standard InChI is InChI=1S/C17H12ClN3O5/c18-13-6-5-10(9-14(13)21(25)26)19-15(22)7-8-20-16(23)11-3-1-2-4-12(11)17(20)24/h1-6,9H,7-8H2,(H,19,22). The lowest BCUT2D eigenvalue weighted by molar-refractivity contribution is -0.384. The summed E-state index contributed by atoms with van der Waals surface area (Å²) in [6, 6.07) is 10.3. The Morgan fingerprint density at radius 2 is 1.73 bits per heavy atom. The van der Waals surface area contributed by atoms with Gasteiger partial charge in [0.2, 0.25) is 5.91 Å². The van der Waals surface area contributed by atoms with Gasteiger partial charge < -0.3 is 5.32 Å². The maximum absolute atomic E-state index is 12.2. The van der Waals surface area contributed by atoms with E-state index >= 15 is 0 Å². The van der Waals surface area contributed by atoms with Gasteiger partial charge in [-0.05, 0) is 24.3 Å². The molecule has 1 aliphatic heterocycles. The number of nitrogens with one attached hydrogen (secondary N) is 1. The molecule has 0 atom stereocenters.